The zero-order valence-corrected chi connectivity index (χ0v) is 13.3. The molecule has 0 atom stereocenters. The molecule has 1 heterocycles. The van der Waals surface area contributed by atoms with E-state index in [0.29, 0.717) is 12.5 Å². The molecule has 0 unspecified atom stereocenters. The van der Waals surface area contributed by atoms with Gasteiger partial charge in [0.05, 0.1) is 4.90 Å². The highest BCUT2D eigenvalue weighted by Gasteiger charge is 2.26. The van der Waals surface area contributed by atoms with E-state index in [1.54, 1.807) is 24.3 Å². The van der Waals surface area contributed by atoms with Crippen LogP contribution in [0.5, 0.6) is 0 Å². The third kappa shape index (κ3) is 3.24. The van der Waals surface area contributed by atoms with Gasteiger partial charge in [-0.25, -0.2) is 13.1 Å². The van der Waals surface area contributed by atoms with Crippen LogP contribution in [0.15, 0.2) is 34.2 Å². The van der Waals surface area contributed by atoms with Crippen molar-refractivity contribution in [2.24, 2.45) is 5.92 Å². The minimum atomic E-state index is -3.72. The number of hydrogen-bond acceptors (Lipinski definition) is 5. The van der Waals surface area contributed by atoms with Crippen LogP contribution < -0.4 is 5.73 Å². The highest BCUT2D eigenvalue weighted by atomic mass is 32.2. The first kappa shape index (κ1) is 15.5. The minimum Gasteiger partial charge on any atom is -0.381 e. The molecule has 2 N–H and O–H groups in total. The van der Waals surface area contributed by atoms with E-state index >= 15 is 0 Å². The number of nitrogens with two attached hydrogens (primary N) is 1. The predicted molar refractivity (Wildman–Crippen MR) is 80.5 cm³/mol. The summed E-state index contributed by atoms with van der Waals surface area (Å²) in [6.07, 6.45) is 0.859. The van der Waals surface area contributed by atoms with Gasteiger partial charge in [0.2, 0.25) is 14.9 Å². The monoisotopic (exact) mass is 308 g/mol. The molecule has 0 spiro atoms. The number of hydrogen-bond donors (Lipinski definition) is 1. The van der Waals surface area contributed by atoms with Crippen molar-refractivity contribution in [3.05, 3.63) is 29.8 Å². The summed E-state index contributed by atoms with van der Waals surface area (Å²) in [5.41, 5.74) is 6.89. The fourth-order valence-corrected chi connectivity index (χ4v) is 3.11. The third-order valence-corrected chi connectivity index (χ3v) is 4.94. The average molecular weight is 308 g/mol. The maximum absolute atomic E-state index is 12.5. The van der Waals surface area contributed by atoms with E-state index in [4.69, 9.17) is 5.73 Å². The largest absolute Gasteiger partial charge is 0.381 e. The second kappa shape index (κ2) is 5.85. The Morgan fingerprint density at radius 3 is 2.43 bits per heavy atom. The van der Waals surface area contributed by atoms with Crippen molar-refractivity contribution < 1.29 is 8.42 Å². The highest BCUT2D eigenvalue weighted by molar-refractivity contribution is 7.91. The lowest BCUT2D eigenvalue weighted by Crippen LogP contribution is -2.10. The van der Waals surface area contributed by atoms with Gasteiger partial charge in [-0.2, -0.15) is 0 Å². The molecule has 7 heteroatoms. The molecule has 0 aliphatic carbocycles. The van der Waals surface area contributed by atoms with Crippen molar-refractivity contribution in [1.29, 1.82) is 0 Å². The summed E-state index contributed by atoms with van der Waals surface area (Å²) in [4.78, 5) is 0.177. The Hall–Kier alpha value is -1.89. The molecule has 0 fully saturated rings. The van der Waals surface area contributed by atoms with Crippen molar-refractivity contribution in [2.75, 3.05) is 5.73 Å². The molecule has 2 aromatic rings. The van der Waals surface area contributed by atoms with Crippen molar-refractivity contribution >= 4 is 15.7 Å². The van der Waals surface area contributed by atoms with Gasteiger partial charge in [0.1, 0.15) is 0 Å². The van der Waals surface area contributed by atoms with Crippen LogP contribution in [-0.4, -0.2) is 23.4 Å². The van der Waals surface area contributed by atoms with Gasteiger partial charge in [0, 0.05) is 6.54 Å². The summed E-state index contributed by atoms with van der Waals surface area (Å²) in [6.45, 7) is 6.61. The molecule has 0 aliphatic heterocycles. The molecule has 0 saturated heterocycles. The smallest absolute Gasteiger partial charge is 0.229 e. The Kier molecular flexibility index (Phi) is 4.32. The standard InChI is InChI=1S/C14H20N4O2S/c1-10(2)8-9-18-13(15)14(16-17-18)21(19,20)12-6-4-11(3)5-7-12/h4-7,10H,8-9,15H2,1-3H3. The lowest BCUT2D eigenvalue weighted by molar-refractivity contribution is 0.482. The first-order valence-electron chi connectivity index (χ1n) is 6.83. The minimum absolute atomic E-state index is 0.0937. The second-order valence-corrected chi connectivity index (χ2v) is 7.37. The van der Waals surface area contributed by atoms with Crippen LogP contribution in [0.2, 0.25) is 0 Å². The van der Waals surface area contributed by atoms with Crippen molar-refractivity contribution in [3.63, 3.8) is 0 Å². The van der Waals surface area contributed by atoms with E-state index in [0.717, 1.165) is 12.0 Å². The van der Waals surface area contributed by atoms with Gasteiger partial charge in [-0.05, 0) is 31.4 Å². The van der Waals surface area contributed by atoms with Crippen molar-refractivity contribution in [2.45, 2.75) is 43.7 Å². The Bertz CT molecular complexity index is 718. The van der Waals surface area contributed by atoms with E-state index in [1.807, 2.05) is 6.92 Å². The Labute approximate surface area is 124 Å². The first-order chi connectivity index (χ1) is 9.82. The molecule has 114 valence electrons. The Morgan fingerprint density at radius 2 is 1.86 bits per heavy atom. The van der Waals surface area contributed by atoms with Gasteiger partial charge in [-0.15, -0.1) is 5.10 Å². The van der Waals surface area contributed by atoms with E-state index < -0.39 is 9.84 Å². The molecule has 1 aromatic carbocycles. The molecule has 1 aromatic heterocycles. The predicted octanol–water partition coefficient (Wildman–Crippen LogP) is 2.05. The topological polar surface area (TPSA) is 90.9 Å². The summed E-state index contributed by atoms with van der Waals surface area (Å²) in [7, 11) is -3.72. The fourth-order valence-electron chi connectivity index (χ4n) is 1.87. The Balaban J connectivity index is 2.35. The molecule has 21 heavy (non-hydrogen) atoms. The van der Waals surface area contributed by atoms with Gasteiger partial charge < -0.3 is 5.73 Å². The van der Waals surface area contributed by atoms with Gasteiger partial charge in [0.25, 0.3) is 0 Å². The first-order valence-corrected chi connectivity index (χ1v) is 8.31. The summed E-state index contributed by atoms with van der Waals surface area (Å²) in [5.74, 6) is 0.571. The van der Waals surface area contributed by atoms with Crippen LogP contribution >= 0.6 is 0 Å². The number of rotatable bonds is 5. The van der Waals surface area contributed by atoms with Crippen LogP contribution in [0.25, 0.3) is 0 Å². The summed E-state index contributed by atoms with van der Waals surface area (Å²) < 4.78 is 26.5. The lowest BCUT2D eigenvalue weighted by Gasteiger charge is -2.06. The van der Waals surface area contributed by atoms with Crippen molar-refractivity contribution in [1.82, 2.24) is 15.0 Å². The lowest BCUT2D eigenvalue weighted by atomic mass is 10.1. The van der Waals surface area contributed by atoms with E-state index in [1.165, 1.54) is 4.68 Å². The molecule has 0 amide bonds. The van der Waals surface area contributed by atoms with Gasteiger partial charge >= 0.3 is 0 Å². The van der Waals surface area contributed by atoms with Crippen LogP contribution in [0.4, 0.5) is 5.82 Å². The van der Waals surface area contributed by atoms with Crippen LogP contribution in [0, 0.1) is 12.8 Å². The van der Waals surface area contributed by atoms with E-state index in [-0.39, 0.29) is 15.7 Å². The molecule has 6 nitrogen and oxygen atoms in total. The van der Waals surface area contributed by atoms with Gasteiger partial charge in [-0.1, -0.05) is 36.8 Å². The summed E-state index contributed by atoms with van der Waals surface area (Å²) >= 11 is 0. The molecule has 0 aliphatic rings. The molecular weight excluding hydrogens is 288 g/mol. The number of nitrogen functional groups attached to an aromatic ring is 1. The van der Waals surface area contributed by atoms with E-state index in [9.17, 15) is 8.42 Å². The SMILES string of the molecule is Cc1ccc(S(=O)(=O)c2nnn(CCC(C)C)c2N)cc1. The quantitative estimate of drug-likeness (QED) is 0.912. The van der Waals surface area contributed by atoms with Crippen LogP contribution in [0.1, 0.15) is 25.8 Å². The van der Waals surface area contributed by atoms with Gasteiger partial charge in [0.15, 0.2) is 5.82 Å². The third-order valence-electron chi connectivity index (χ3n) is 3.24. The van der Waals surface area contributed by atoms with Crippen LogP contribution in [-0.2, 0) is 16.4 Å². The zero-order chi connectivity index (χ0) is 15.6. The fraction of sp³-hybridized carbons (Fsp3) is 0.429. The normalized spacial score (nSPS) is 12.0. The molecular formula is C14H20N4O2S. The van der Waals surface area contributed by atoms with Crippen LogP contribution in [0.3, 0.4) is 0 Å². The number of aromatic nitrogens is 3. The maximum atomic E-state index is 12.5. The molecule has 0 bridgehead atoms. The number of nitrogens with zero attached hydrogens (tertiary/aromatic N) is 3. The zero-order valence-electron chi connectivity index (χ0n) is 12.4. The van der Waals surface area contributed by atoms with Gasteiger partial charge in [-0.3, -0.25) is 0 Å². The molecule has 0 radical (unpaired) electrons. The highest BCUT2D eigenvalue weighted by Crippen LogP contribution is 2.24. The summed E-state index contributed by atoms with van der Waals surface area (Å²) in [5, 5.41) is 7.45. The number of benzene rings is 1. The molecule has 0 saturated carbocycles. The Morgan fingerprint density at radius 1 is 1.24 bits per heavy atom. The second-order valence-electron chi connectivity index (χ2n) is 5.50. The van der Waals surface area contributed by atoms with E-state index in [2.05, 4.69) is 24.2 Å². The number of anilines is 1. The number of aryl methyl sites for hydroxylation is 2. The number of sulfone groups is 1. The van der Waals surface area contributed by atoms with Crippen molar-refractivity contribution in [3.8, 4) is 0 Å². The maximum Gasteiger partial charge on any atom is 0.229 e. The average Bonchev–Trinajstić information content (AvgIpc) is 2.79. The summed E-state index contributed by atoms with van der Waals surface area (Å²) in [6, 6.07) is 6.59. The molecule has 2 rings (SSSR count).